The first-order valence-corrected chi connectivity index (χ1v) is 7.80. The van der Waals surface area contributed by atoms with E-state index in [-0.39, 0.29) is 43.7 Å². The number of alkyl halides is 3. The molecule has 1 N–H and O–H groups in total. The molecule has 2 aromatic carbocycles. The molecular weight excluding hydrogens is 354 g/mol. The van der Waals surface area contributed by atoms with Crippen molar-refractivity contribution in [1.29, 1.82) is 0 Å². The number of hydrogen-bond donors (Lipinski definition) is 1. The summed E-state index contributed by atoms with van der Waals surface area (Å²) >= 11 is 0. The lowest BCUT2D eigenvalue weighted by Crippen LogP contribution is -2.29. The van der Waals surface area contributed by atoms with Gasteiger partial charge in [-0.15, -0.1) is 0 Å². The number of benzene rings is 2. The van der Waals surface area contributed by atoms with Crippen molar-refractivity contribution >= 4 is 5.91 Å². The Morgan fingerprint density at radius 2 is 1.42 bits per heavy atom. The fourth-order valence-electron chi connectivity index (χ4n) is 1.98. The van der Waals surface area contributed by atoms with Gasteiger partial charge in [-0.25, -0.2) is 4.39 Å². The van der Waals surface area contributed by atoms with Gasteiger partial charge in [0, 0.05) is 0 Å². The number of nitrogens with one attached hydrogen (secondary N) is 1. The highest BCUT2D eigenvalue weighted by molar-refractivity contribution is 5.75. The van der Waals surface area contributed by atoms with Crippen molar-refractivity contribution in [3.05, 3.63) is 59.9 Å². The zero-order chi connectivity index (χ0) is 19.0. The van der Waals surface area contributed by atoms with Gasteiger partial charge < -0.3 is 14.8 Å². The van der Waals surface area contributed by atoms with Crippen LogP contribution in [0.3, 0.4) is 0 Å². The number of hydrogen-bond acceptors (Lipinski definition) is 3. The van der Waals surface area contributed by atoms with Crippen LogP contribution in [0, 0.1) is 5.82 Å². The van der Waals surface area contributed by atoms with Crippen LogP contribution < -0.4 is 14.8 Å². The van der Waals surface area contributed by atoms with Crippen LogP contribution in [-0.2, 0) is 11.0 Å². The van der Waals surface area contributed by atoms with E-state index in [2.05, 4.69) is 5.32 Å². The maximum atomic E-state index is 12.7. The van der Waals surface area contributed by atoms with Crippen LogP contribution in [0.1, 0.15) is 12.0 Å². The Morgan fingerprint density at radius 1 is 0.885 bits per heavy atom. The lowest BCUT2D eigenvalue weighted by Gasteiger charge is -2.10. The number of carbonyl (C=O) groups excluding carboxylic acids is 1. The van der Waals surface area contributed by atoms with Crippen molar-refractivity contribution in [3.63, 3.8) is 0 Å². The van der Waals surface area contributed by atoms with Gasteiger partial charge in [0.1, 0.15) is 23.9 Å². The monoisotopic (exact) mass is 371 g/mol. The fraction of sp³-hybridized carbons (Fsp3) is 0.278. The van der Waals surface area contributed by atoms with Gasteiger partial charge in [0.25, 0.3) is 0 Å². The van der Waals surface area contributed by atoms with Crippen LogP contribution in [0.5, 0.6) is 11.5 Å². The summed E-state index contributed by atoms with van der Waals surface area (Å²) in [6.45, 7) is 0.462. The number of halogens is 4. The van der Waals surface area contributed by atoms with Crippen molar-refractivity contribution in [2.75, 3.05) is 19.8 Å². The first-order chi connectivity index (χ1) is 12.3. The van der Waals surface area contributed by atoms with E-state index in [4.69, 9.17) is 9.47 Å². The van der Waals surface area contributed by atoms with Crippen molar-refractivity contribution in [2.24, 2.45) is 0 Å². The van der Waals surface area contributed by atoms with Crippen LogP contribution in [-0.4, -0.2) is 25.7 Å². The highest BCUT2D eigenvalue weighted by Crippen LogP contribution is 2.30. The van der Waals surface area contributed by atoms with Crippen LogP contribution in [0.2, 0.25) is 0 Å². The summed E-state index contributed by atoms with van der Waals surface area (Å²) in [6, 6.07) is 9.75. The van der Waals surface area contributed by atoms with Crippen molar-refractivity contribution < 1.29 is 31.8 Å². The maximum absolute atomic E-state index is 12.7. The average molecular weight is 371 g/mol. The molecule has 4 nitrogen and oxygen atoms in total. The lowest BCUT2D eigenvalue weighted by molar-refractivity contribution is -0.137. The molecule has 1 amide bonds. The molecule has 26 heavy (non-hydrogen) atoms. The second-order valence-corrected chi connectivity index (χ2v) is 5.27. The van der Waals surface area contributed by atoms with E-state index in [0.29, 0.717) is 5.75 Å². The minimum Gasteiger partial charge on any atom is -0.493 e. The van der Waals surface area contributed by atoms with E-state index in [1.807, 2.05) is 0 Å². The maximum Gasteiger partial charge on any atom is 0.416 e. The highest BCUT2D eigenvalue weighted by Gasteiger charge is 2.29. The van der Waals surface area contributed by atoms with Gasteiger partial charge in [-0.05, 0) is 48.5 Å². The predicted molar refractivity (Wildman–Crippen MR) is 86.5 cm³/mol. The van der Waals surface area contributed by atoms with E-state index in [1.165, 1.54) is 36.4 Å². The zero-order valence-electron chi connectivity index (χ0n) is 13.7. The minimum absolute atomic E-state index is 0.109. The molecule has 0 saturated carbocycles. The Balaban J connectivity index is 1.60. The molecule has 2 aromatic rings. The Hall–Kier alpha value is -2.77. The molecule has 0 aliphatic rings. The number of amides is 1. The van der Waals surface area contributed by atoms with Gasteiger partial charge >= 0.3 is 6.18 Å². The fourth-order valence-corrected chi connectivity index (χ4v) is 1.98. The Morgan fingerprint density at radius 3 is 2.00 bits per heavy atom. The van der Waals surface area contributed by atoms with Crippen molar-refractivity contribution in [1.82, 2.24) is 5.32 Å². The third-order valence-corrected chi connectivity index (χ3v) is 3.29. The second-order valence-electron chi connectivity index (χ2n) is 5.27. The first kappa shape index (κ1) is 19.6. The molecule has 0 saturated heterocycles. The Bertz CT molecular complexity index is 700. The topological polar surface area (TPSA) is 47.6 Å². The third kappa shape index (κ3) is 6.62. The second kappa shape index (κ2) is 9.07. The third-order valence-electron chi connectivity index (χ3n) is 3.29. The highest BCUT2D eigenvalue weighted by atomic mass is 19.4. The molecule has 0 spiro atoms. The molecule has 0 aromatic heterocycles. The summed E-state index contributed by atoms with van der Waals surface area (Å²) in [4.78, 5) is 11.6. The molecule has 0 aliphatic heterocycles. The molecule has 0 aliphatic carbocycles. The summed E-state index contributed by atoms with van der Waals surface area (Å²) in [5.41, 5.74) is -0.751. The minimum atomic E-state index is -4.39. The summed E-state index contributed by atoms with van der Waals surface area (Å²) in [6.07, 6.45) is -4.28. The summed E-state index contributed by atoms with van der Waals surface area (Å²) in [7, 11) is 0. The number of ether oxygens (including phenoxy) is 2. The van der Waals surface area contributed by atoms with Crippen molar-refractivity contribution in [2.45, 2.75) is 12.6 Å². The van der Waals surface area contributed by atoms with Gasteiger partial charge in [-0.3, -0.25) is 4.79 Å². The summed E-state index contributed by atoms with van der Waals surface area (Å²) < 4.78 is 60.6. The molecule has 8 heteroatoms. The smallest absolute Gasteiger partial charge is 0.416 e. The summed E-state index contributed by atoms with van der Waals surface area (Å²) in [5.74, 6) is 0.114. The molecular formula is C18H17F4NO3. The number of rotatable bonds is 8. The van der Waals surface area contributed by atoms with E-state index in [0.717, 1.165) is 12.1 Å². The molecule has 0 fully saturated rings. The van der Waals surface area contributed by atoms with Gasteiger partial charge in [0.05, 0.1) is 25.1 Å². The lowest BCUT2D eigenvalue weighted by atomic mass is 10.2. The van der Waals surface area contributed by atoms with Crippen molar-refractivity contribution in [3.8, 4) is 11.5 Å². The SMILES string of the molecule is O=C(CCOc1ccc(F)cc1)NCCOc1ccc(C(F)(F)F)cc1. The van der Waals surface area contributed by atoms with Gasteiger partial charge in [0.15, 0.2) is 0 Å². The van der Waals surface area contributed by atoms with E-state index < -0.39 is 11.7 Å². The standard InChI is InChI=1S/C18H17F4NO3/c19-14-3-7-16(8-4-14)25-11-9-17(24)23-10-12-26-15-5-1-13(2-6-15)18(20,21)22/h1-8H,9-12H2,(H,23,24). The van der Waals surface area contributed by atoms with Gasteiger partial charge in [-0.2, -0.15) is 13.2 Å². The molecule has 0 radical (unpaired) electrons. The normalized spacial score (nSPS) is 11.1. The number of carbonyl (C=O) groups is 1. The molecule has 0 atom stereocenters. The van der Waals surface area contributed by atoms with Crippen LogP contribution in [0.25, 0.3) is 0 Å². The quantitative estimate of drug-likeness (QED) is 0.567. The molecule has 2 rings (SSSR count). The first-order valence-electron chi connectivity index (χ1n) is 7.80. The van der Waals surface area contributed by atoms with Gasteiger partial charge in [0.2, 0.25) is 5.91 Å². The Labute approximate surface area is 147 Å². The Kier molecular flexibility index (Phi) is 6.82. The van der Waals surface area contributed by atoms with E-state index in [1.54, 1.807) is 0 Å². The largest absolute Gasteiger partial charge is 0.493 e. The summed E-state index contributed by atoms with van der Waals surface area (Å²) in [5, 5.41) is 2.60. The molecule has 0 unspecified atom stereocenters. The molecule has 140 valence electrons. The average Bonchev–Trinajstić information content (AvgIpc) is 2.60. The predicted octanol–water partition coefficient (Wildman–Crippen LogP) is 3.81. The molecule has 0 bridgehead atoms. The van der Waals surface area contributed by atoms with E-state index >= 15 is 0 Å². The zero-order valence-corrected chi connectivity index (χ0v) is 13.7. The van der Waals surface area contributed by atoms with Gasteiger partial charge in [-0.1, -0.05) is 0 Å². The van der Waals surface area contributed by atoms with E-state index in [9.17, 15) is 22.4 Å². The molecule has 0 heterocycles. The van der Waals surface area contributed by atoms with Crippen LogP contribution >= 0.6 is 0 Å². The van der Waals surface area contributed by atoms with Crippen LogP contribution in [0.4, 0.5) is 17.6 Å². The van der Waals surface area contributed by atoms with Crippen LogP contribution in [0.15, 0.2) is 48.5 Å².